The second kappa shape index (κ2) is 6.05. The van der Waals surface area contributed by atoms with E-state index in [1.807, 2.05) is 0 Å². The normalized spacial score (nSPS) is 16.0. The summed E-state index contributed by atoms with van der Waals surface area (Å²) in [6, 6.07) is 5.93. The lowest BCUT2D eigenvalue weighted by Crippen LogP contribution is -2.43. The fourth-order valence-electron chi connectivity index (χ4n) is 2.07. The van der Waals surface area contributed by atoms with Crippen LogP contribution >= 0.6 is 0 Å². The summed E-state index contributed by atoms with van der Waals surface area (Å²) in [6.45, 7) is 1.98. The summed E-state index contributed by atoms with van der Waals surface area (Å²) in [5, 5.41) is 11.5. The molecule has 0 bridgehead atoms. The highest BCUT2D eigenvalue weighted by atomic mass is 32.2. The van der Waals surface area contributed by atoms with Gasteiger partial charge in [0.2, 0.25) is 15.9 Å². The Balaban J connectivity index is 2.00. The SMILES string of the molecule is CCNS(=O)(=O)c1ccc(CC(=O)NC2(C(=O)O)CC2)cc1. The second-order valence-corrected chi connectivity index (χ2v) is 7.02. The zero-order valence-corrected chi connectivity index (χ0v) is 12.9. The van der Waals surface area contributed by atoms with Crippen LogP contribution in [0.3, 0.4) is 0 Å². The van der Waals surface area contributed by atoms with E-state index in [1.54, 1.807) is 19.1 Å². The molecule has 0 heterocycles. The molecule has 0 aromatic heterocycles. The van der Waals surface area contributed by atoms with Gasteiger partial charge in [-0.1, -0.05) is 19.1 Å². The Morgan fingerprint density at radius 2 is 1.82 bits per heavy atom. The van der Waals surface area contributed by atoms with E-state index in [0.29, 0.717) is 24.9 Å². The molecule has 1 fully saturated rings. The summed E-state index contributed by atoms with van der Waals surface area (Å²) in [5.41, 5.74) is -0.486. The largest absolute Gasteiger partial charge is 0.480 e. The van der Waals surface area contributed by atoms with Crippen LogP contribution in [0, 0.1) is 0 Å². The van der Waals surface area contributed by atoms with Crippen molar-refractivity contribution >= 4 is 21.9 Å². The Kier molecular flexibility index (Phi) is 4.52. The molecule has 1 aromatic carbocycles. The first-order valence-corrected chi connectivity index (χ1v) is 8.40. The first kappa shape index (κ1) is 16.4. The number of carboxylic acids is 1. The molecule has 1 aliphatic rings. The molecule has 1 amide bonds. The van der Waals surface area contributed by atoms with Gasteiger partial charge in [-0.2, -0.15) is 0 Å². The molecule has 22 heavy (non-hydrogen) atoms. The molecule has 1 aliphatic carbocycles. The van der Waals surface area contributed by atoms with Gasteiger partial charge < -0.3 is 10.4 Å². The van der Waals surface area contributed by atoms with Crippen molar-refractivity contribution in [2.75, 3.05) is 6.54 Å². The van der Waals surface area contributed by atoms with Gasteiger partial charge in [-0.3, -0.25) is 4.79 Å². The summed E-state index contributed by atoms with van der Waals surface area (Å²) >= 11 is 0. The number of carbonyl (C=O) groups is 2. The number of carboxylic acid groups (broad SMARTS) is 1. The van der Waals surface area contributed by atoms with Gasteiger partial charge in [-0.15, -0.1) is 0 Å². The molecule has 0 radical (unpaired) electrons. The van der Waals surface area contributed by atoms with Gasteiger partial charge in [0.15, 0.2) is 0 Å². The average Bonchev–Trinajstić information content (AvgIpc) is 3.20. The number of aliphatic carboxylic acids is 1. The number of nitrogens with one attached hydrogen (secondary N) is 2. The van der Waals surface area contributed by atoms with Gasteiger partial charge in [0.1, 0.15) is 5.54 Å². The van der Waals surface area contributed by atoms with Gasteiger partial charge in [0.05, 0.1) is 11.3 Å². The summed E-state index contributed by atoms with van der Waals surface area (Å²) in [4.78, 5) is 23.0. The predicted octanol–water partition coefficient (Wildman–Crippen LogP) is 0.261. The number of carbonyl (C=O) groups excluding carboxylic acids is 1. The monoisotopic (exact) mass is 326 g/mol. The molecule has 2 rings (SSSR count). The highest BCUT2D eigenvalue weighted by molar-refractivity contribution is 7.89. The lowest BCUT2D eigenvalue weighted by Gasteiger charge is -2.12. The van der Waals surface area contributed by atoms with Gasteiger partial charge in [0.25, 0.3) is 0 Å². The quantitative estimate of drug-likeness (QED) is 0.665. The van der Waals surface area contributed by atoms with Crippen molar-refractivity contribution in [1.29, 1.82) is 0 Å². The van der Waals surface area contributed by atoms with E-state index in [2.05, 4.69) is 10.0 Å². The summed E-state index contributed by atoms with van der Waals surface area (Å²) in [7, 11) is -3.51. The minimum atomic E-state index is -3.51. The van der Waals surface area contributed by atoms with Crippen LogP contribution in [0.25, 0.3) is 0 Å². The minimum absolute atomic E-state index is 0.0105. The van der Waals surface area contributed by atoms with Gasteiger partial charge >= 0.3 is 5.97 Å². The maximum Gasteiger partial charge on any atom is 0.329 e. The molecule has 0 spiro atoms. The third-order valence-electron chi connectivity index (χ3n) is 3.47. The molecule has 0 saturated heterocycles. The number of amides is 1. The predicted molar refractivity (Wildman–Crippen MR) is 78.8 cm³/mol. The second-order valence-electron chi connectivity index (χ2n) is 5.26. The van der Waals surface area contributed by atoms with Crippen LogP contribution in [-0.4, -0.2) is 37.5 Å². The van der Waals surface area contributed by atoms with Crippen molar-refractivity contribution in [3.63, 3.8) is 0 Å². The Labute approximate surface area is 128 Å². The van der Waals surface area contributed by atoms with Crippen molar-refractivity contribution in [3.05, 3.63) is 29.8 Å². The smallest absolute Gasteiger partial charge is 0.329 e. The van der Waals surface area contributed by atoms with Crippen LogP contribution in [0.4, 0.5) is 0 Å². The number of benzene rings is 1. The molecule has 8 heteroatoms. The molecule has 0 unspecified atom stereocenters. The van der Waals surface area contributed by atoms with Crippen molar-refractivity contribution in [3.8, 4) is 0 Å². The number of hydrogen-bond acceptors (Lipinski definition) is 4. The van der Waals surface area contributed by atoms with E-state index >= 15 is 0 Å². The van der Waals surface area contributed by atoms with Gasteiger partial charge in [-0.05, 0) is 30.5 Å². The highest BCUT2D eigenvalue weighted by Gasteiger charge is 2.51. The van der Waals surface area contributed by atoms with E-state index in [1.165, 1.54) is 12.1 Å². The van der Waals surface area contributed by atoms with Crippen LogP contribution < -0.4 is 10.0 Å². The Hall–Kier alpha value is -1.93. The van der Waals surface area contributed by atoms with E-state index in [9.17, 15) is 18.0 Å². The van der Waals surface area contributed by atoms with Crippen LogP contribution in [0.15, 0.2) is 29.2 Å². The van der Waals surface area contributed by atoms with Crippen molar-refractivity contribution in [2.24, 2.45) is 0 Å². The molecule has 1 aromatic rings. The molecule has 120 valence electrons. The Morgan fingerprint density at radius 1 is 1.23 bits per heavy atom. The van der Waals surface area contributed by atoms with Crippen LogP contribution in [0.2, 0.25) is 0 Å². The number of rotatable bonds is 7. The summed E-state index contributed by atoms with van der Waals surface area (Å²) in [6.07, 6.45) is 0.887. The molecular formula is C14H18N2O5S. The molecule has 7 nitrogen and oxygen atoms in total. The van der Waals surface area contributed by atoms with E-state index in [4.69, 9.17) is 5.11 Å². The van der Waals surface area contributed by atoms with Crippen molar-refractivity contribution in [1.82, 2.24) is 10.0 Å². The Bertz CT molecular complexity index is 678. The lowest BCUT2D eigenvalue weighted by molar-refractivity contribution is -0.143. The molecule has 0 atom stereocenters. The molecule has 1 saturated carbocycles. The third-order valence-corrected chi connectivity index (χ3v) is 5.03. The number of hydrogen-bond donors (Lipinski definition) is 3. The summed E-state index contributed by atoms with van der Waals surface area (Å²) < 4.78 is 25.9. The maximum absolute atomic E-state index is 11.9. The lowest BCUT2D eigenvalue weighted by atomic mass is 10.1. The van der Waals surface area contributed by atoms with Crippen LogP contribution in [-0.2, 0) is 26.0 Å². The summed E-state index contributed by atoms with van der Waals surface area (Å²) in [5.74, 6) is -1.41. The standard InChI is InChI=1S/C14H18N2O5S/c1-2-15-22(20,21)11-5-3-10(4-6-11)9-12(17)16-14(7-8-14)13(18)19/h3-6,15H,2,7-9H2,1H3,(H,16,17)(H,18,19). The van der Waals surface area contributed by atoms with E-state index < -0.39 is 21.5 Å². The van der Waals surface area contributed by atoms with E-state index in [0.717, 1.165) is 0 Å². The average molecular weight is 326 g/mol. The fraction of sp³-hybridized carbons (Fsp3) is 0.429. The van der Waals surface area contributed by atoms with Crippen LogP contribution in [0.5, 0.6) is 0 Å². The highest BCUT2D eigenvalue weighted by Crippen LogP contribution is 2.35. The maximum atomic E-state index is 11.9. The van der Waals surface area contributed by atoms with Gasteiger partial charge in [0, 0.05) is 6.54 Å². The topological polar surface area (TPSA) is 113 Å². The van der Waals surface area contributed by atoms with Gasteiger partial charge in [-0.25, -0.2) is 17.9 Å². The van der Waals surface area contributed by atoms with Crippen LogP contribution in [0.1, 0.15) is 25.3 Å². The zero-order chi connectivity index (χ0) is 16.4. The molecule has 0 aliphatic heterocycles. The zero-order valence-electron chi connectivity index (χ0n) is 12.1. The van der Waals surface area contributed by atoms with E-state index in [-0.39, 0.29) is 17.2 Å². The first-order chi connectivity index (χ1) is 10.3. The minimum Gasteiger partial charge on any atom is -0.480 e. The number of sulfonamides is 1. The van der Waals surface area contributed by atoms with Crippen molar-refractivity contribution < 1.29 is 23.1 Å². The van der Waals surface area contributed by atoms with Crippen molar-refractivity contribution in [2.45, 2.75) is 36.6 Å². The molecular weight excluding hydrogens is 308 g/mol. The Morgan fingerprint density at radius 3 is 2.27 bits per heavy atom. The third kappa shape index (κ3) is 3.63. The first-order valence-electron chi connectivity index (χ1n) is 6.92. The fourth-order valence-corrected chi connectivity index (χ4v) is 3.11. The molecule has 3 N–H and O–H groups in total.